The Morgan fingerprint density at radius 2 is 1.79 bits per heavy atom. The Kier molecular flexibility index (Phi) is 4.70. The molecule has 1 heterocycles. The van der Waals surface area contributed by atoms with Gasteiger partial charge in [-0.25, -0.2) is 13.8 Å². The Labute approximate surface area is 162 Å². The van der Waals surface area contributed by atoms with Crippen molar-refractivity contribution in [2.75, 3.05) is 5.32 Å². The normalized spacial score (nSPS) is 10.7. The number of nitro groups is 1. The smallest absolute Gasteiger partial charge is 0.373 e. The molecule has 0 saturated carbocycles. The second kappa shape index (κ2) is 7.47. The maximum Gasteiger partial charge on any atom is 0.373 e. The highest BCUT2D eigenvalue weighted by molar-refractivity contribution is 5.88. The van der Waals surface area contributed by atoms with Crippen molar-refractivity contribution in [1.29, 1.82) is 0 Å². The van der Waals surface area contributed by atoms with E-state index in [1.807, 2.05) is 24.3 Å². The number of aromatic nitrogens is 2. The first-order valence-electron chi connectivity index (χ1n) is 8.40. The van der Waals surface area contributed by atoms with Crippen LogP contribution in [0.15, 0.2) is 67.0 Å². The van der Waals surface area contributed by atoms with Crippen LogP contribution in [-0.2, 0) is 0 Å². The zero-order chi connectivity index (χ0) is 20.4. The lowest BCUT2D eigenvalue weighted by Crippen LogP contribution is -2.04. The molecule has 0 saturated heterocycles. The van der Waals surface area contributed by atoms with Crippen LogP contribution in [0.4, 0.5) is 26.0 Å². The fourth-order valence-corrected chi connectivity index (χ4v) is 2.80. The van der Waals surface area contributed by atoms with E-state index in [4.69, 9.17) is 4.74 Å². The molecule has 1 N–H and O–H groups in total. The van der Waals surface area contributed by atoms with Gasteiger partial charge >= 0.3 is 11.6 Å². The molecule has 4 rings (SSSR count). The third kappa shape index (κ3) is 3.65. The molecule has 144 valence electrons. The molecule has 0 radical (unpaired) electrons. The van der Waals surface area contributed by atoms with Gasteiger partial charge < -0.3 is 10.1 Å². The molecular weight excluding hydrogens is 382 g/mol. The fraction of sp³-hybridized carbons (Fsp3) is 0. The molecule has 0 spiro atoms. The van der Waals surface area contributed by atoms with Crippen molar-refractivity contribution in [2.24, 2.45) is 0 Å². The number of ether oxygens (including phenoxy) is 1. The standard InChI is InChI=1S/C20H12F2N4O3/c21-13-8-9-15(22)16(10-13)25-19-18(26(27)28)20(24-11-23-19)29-17-7-3-5-12-4-1-2-6-14(12)17/h1-11H,(H,23,24,25). The molecule has 4 aromatic rings. The molecular formula is C20H12F2N4O3. The van der Waals surface area contributed by atoms with Crippen molar-refractivity contribution in [3.8, 4) is 11.6 Å². The van der Waals surface area contributed by atoms with E-state index in [2.05, 4.69) is 15.3 Å². The van der Waals surface area contributed by atoms with E-state index in [1.54, 1.807) is 18.2 Å². The summed E-state index contributed by atoms with van der Waals surface area (Å²) in [4.78, 5) is 18.6. The number of benzene rings is 3. The van der Waals surface area contributed by atoms with Gasteiger partial charge in [0.15, 0.2) is 0 Å². The van der Waals surface area contributed by atoms with Crippen molar-refractivity contribution in [3.05, 3.63) is 88.7 Å². The Bertz CT molecular complexity index is 1230. The summed E-state index contributed by atoms with van der Waals surface area (Å²) in [5.41, 5.74) is -0.910. The highest BCUT2D eigenvalue weighted by atomic mass is 19.1. The van der Waals surface area contributed by atoms with E-state index < -0.39 is 22.2 Å². The van der Waals surface area contributed by atoms with Crippen LogP contribution in [0.25, 0.3) is 10.8 Å². The van der Waals surface area contributed by atoms with Crippen molar-refractivity contribution in [1.82, 2.24) is 9.97 Å². The predicted molar refractivity (Wildman–Crippen MR) is 102 cm³/mol. The van der Waals surface area contributed by atoms with E-state index in [0.717, 1.165) is 35.3 Å². The third-order valence-corrected chi connectivity index (χ3v) is 4.11. The van der Waals surface area contributed by atoms with Crippen LogP contribution in [0.2, 0.25) is 0 Å². The van der Waals surface area contributed by atoms with Gasteiger partial charge in [0.1, 0.15) is 23.7 Å². The van der Waals surface area contributed by atoms with Gasteiger partial charge in [-0.2, -0.15) is 4.98 Å². The third-order valence-electron chi connectivity index (χ3n) is 4.11. The topological polar surface area (TPSA) is 90.2 Å². The molecule has 9 heteroatoms. The van der Waals surface area contributed by atoms with E-state index >= 15 is 0 Å². The van der Waals surface area contributed by atoms with Crippen molar-refractivity contribution in [2.45, 2.75) is 0 Å². The summed E-state index contributed by atoms with van der Waals surface area (Å²) >= 11 is 0. The molecule has 0 aliphatic heterocycles. The van der Waals surface area contributed by atoms with Crippen molar-refractivity contribution < 1.29 is 18.4 Å². The van der Waals surface area contributed by atoms with Gasteiger partial charge in [-0.1, -0.05) is 36.4 Å². The van der Waals surface area contributed by atoms with E-state index in [9.17, 15) is 18.9 Å². The largest absolute Gasteiger partial charge is 0.433 e. The lowest BCUT2D eigenvalue weighted by molar-refractivity contribution is -0.385. The Balaban J connectivity index is 1.77. The number of fused-ring (bicyclic) bond motifs is 1. The predicted octanol–water partition coefficient (Wildman–Crippen LogP) is 5.35. The molecule has 7 nitrogen and oxygen atoms in total. The number of anilines is 2. The average molecular weight is 394 g/mol. The Hall–Kier alpha value is -4.14. The highest BCUT2D eigenvalue weighted by Gasteiger charge is 2.26. The quantitative estimate of drug-likeness (QED) is 0.362. The summed E-state index contributed by atoms with van der Waals surface area (Å²) in [5, 5.41) is 15.7. The summed E-state index contributed by atoms with van der Waals surface area (Å²) in [6.07, 6.45) is 1.03. The van der Waals surface area contributed by atoms with E-state index in [-0.39, 0.29) is 17.4 Å². The minimum absolute atomic E-state index is 0.303. The number of nitrogens with zero attached hydrogens (tertiary/aromatic N) is 3. The van der Waals surface area contributed by atoms with Crippen LogP contribution >= 0.6 is 0 Å². The number of hydrogen-bond acceptors (Lipinski definition) is 6. The molecule has 3 aromatic carbocycles. The lowest BCUT2D eigenvalue weighted by Gasteiger charge is -2.11. The van der Waals surface area contributed by atoms with E-state index in [0.29, 0.717) is 5.75 Å². The van der Waals surface area contributed by atoms with Gasteiger partial charge in [-0.15, -0.1) is 0 Å². The minimum atomic E-state index is -0.796. The first-order valence-corrected chi connectivity index (χ1v) is 8.40. The van der Waals surface area contributed by atoms with Crippen LogP contribution in [0.1, 0.15) is 0 Å². The highest BCUT2D eigenvalue weighted by Crippen LogP contribution is 2.37. The number of rotatable bonds is 5. The Morgan fingerprint density at radius 3 is 2.62 bits per heavy atom. The molecule has 0 aliphatic carbocycles. The second-order valence-corrected chi connectivity index (χ2v) is 5.96. The average Bonchev–Trinajstić information content (AvgIpc) is 2.71. The SMILES string of the molecule is O=[N+]([O-])c1c(Nc2cc(F)ccc2F)ncnc1Oc1cccc2ccccc12. The monoisotopic (exact) mass is 394 g/mol. The molecule has 0 fully saturated rings. The van der Waals surface area contributed by atoms with Crippen LogP contribution in [-0.4, -0.2) is 14.9 Å². The summed E-state index contributed by atoms with van der Waals surface area (Å²) in [7, 11) is 0. The maximum atomic E-state index is 13.9. The van der Waals surface area contributed by atoms with Gasteiger partial charge in [0, 0.05) is 11.5 Å². The van der Waals surface area contributed by atoms with Gasteiger partial charge in [0.05, 0.1) is 10.6 Å². The summed E-state index contributed by atoms with van der Waals surface area (Å²) < 4.78 is 33.1. The molecule has 0 amide bonds. The second-order valence-electron chi connectivity index (χ2n) is 5.96. The molecule has 0 aliphatic rings. The summed E-state index contributed by atoms with van der Waals surface area (Å²) in [6, 6.07) is 15.3. The van der Waals surface area contributed by atoms with Crippen LogP contribution in [0.5, 0.6) is 11.6 Å². The van der Waals surface area contributed by atoms with E-state index in [1.165, 1.54) is 0 Å². The van der Waals surface area contributed by atoms with Gasteiger partial charge in [-0.3, -0.25) is 10.1 Å². The molecule has 0 atom stereocenters. The number of halogens is 2. The number of hydrogen-bond donors (Lipinski definition) is 1. The summed E-state index contributed by atoms with van der Waals surface area (Å²) in [6.45, 7) is 0. The maximum absolute atomic E-state index is 13.9. The zero-order valence-electron chi connectivity index (χ0n) is 14.7. The molecule has 1 aromatic heterocycles. The fourth-order valence-electron chi connectivity index (χ4n) is 2.80. The van der Waals surface area contributed by atoms with Gasteiger partial charge in [0.2, 0.25) is 5.82 Å². The Morgan fingerprint density at radius 1 is 1.00 bits per heavy atom. The zero-order valence-corrected chi connectivity index (χ0v) is 14.7. The van der Waals surface area contributed by atoms with Crippen LogP contribution in [0.3, 0.4) is 0 Å². The summed E-state index contributed by atoms with van der Waals surface area (Å²) in [5.74, 6) is -1.81. The van der Waals surface area contributed by atoms with Gasteiger partial charge in [-0.05, 0) is 23.6 Å². The van der Waals surface area contributed by atoms with Crippen molar-refractivity contribution in [3.63, 3.8) is 0 Å². The molecule has 29 heavy (non-hydrogen) atoms. The molecule has 0 unspecified atom stereocenters. The lowest BCUT2D eigenvalue weighted by atomic mass is 10.1. The first kappa shape index (κ1) is 18.2. The minimum Gasteiger partial charge on any atom is -0.433 e. The first-order chi connectivity index (χ1) is 14.0. The van der Waals surface area contributed by atoms with Crippen LogP contribution < -0.4 is 10.1 Å². The van der Waals surface area contributed by atoms with Crippen molar-refractivity contribution >= 4 is 28.0 Å². The van der Waals surface area contributed by atoms with Crippen LogP contribution in [0, 0.1) is 21.7 Å². The van der Waals surface area contributed by atoms with Gasteiger partial charge in [0.25, 0.3) is 0 Å². The number of nitrogens with one attached hydrogen (secondary N) is 1. The molecule has 0 bridgehead atoms.